The second-order valence-electron chi connectivity index (χ2n) is 4.16. The van der Waals surface area contributed by atoms with E-state index in [0.29, 0.717) is 17.7 Å². The van der Waals surface area contributed by atoms with E-state index in [2.05, 4.69) is 10.6 Å². The van der Waals surface area contributed by atoms with E-state index in [0.717, 1.165) is 0 Å². The highest BCUT2D eigenvalue weighted by atomic mass is 16.6. The van der Waals surface area contributed by atoms with E-state index in [9.17, 15) is 14.9 Å². The van der Waals surface area contributed by atoms with Gasteiger partial charge in [0.25, 0.3) is 11.6 Å². The number of hydrogen-bond acceptors (Lipinski definition) is 4. The summed E-state index contributed by atoms with van der Waals surface area (Å²) in [7, 11) is 1.80. The fraction of sp³-hybridized carbons (Fsp3) is 0.417. The third-order valence-electron chi connectivity index (χ3n) is 2.73. The molecule has 0 bridgehead atoms. The lowest BCUT2D eigenvalue weighted by Gasteiger charge is -2.11. The number of carbonyl (C=O) groups excluding carboxylic acids is 1. The van der Waals surface area contributed by atoms with E-state index in [4.69, 9.17) is 0 Å². The maximum Gasteiger partial charge on any atom is 0.273 e. The lowest BCUT2D eigenvalue weighted by atomic mass is 10.1. The van der Waals surface area contributed by atoms with Crippen molar-refractivity contribution >= 4 is 11.6 Å². The number of benzene rings is 1. The van der Waals surface area contributed by atoms with Gasteiger partial charge in [0, 0.05) is 29.8 Å². The van der Waals surface area contributed by atoms with Gasteiger partial charge in [-0.2, -0.15) is 0 Å². The molecule has 18 heavy (non-hydrogen) atoms. The number of nitro groups is 1. The normalized spacial score (nSPS) is 11.9. The lowest BCUT2D eigenvalue weighted by Crippen LogP contribution is -2.37. The molecule has 0 heterocycles. The number of rotatable bonds is 5. The van der Waals surface area contributed by atoms with Gasteiger partial charge in [-0.25, -0.2) is 0 Å². The van der Waals surface area contributed by atoms with Gasteiger partial charge in [0.15, 0.2) is 0 Å². The van der Waals surface area contributed by atoms with Crippen LogP contribution < -0.4 is 10.6 Å². The highest BCUT2D eigenvalue weighted by molar-refractivity contribution is 5.95. The molecule has 0 aromatic heterocycles. The van der Waals surface area contributed by atoms with Crippen molar-refractivity contribution in [1.29, 1.82) is 0 Å². The number of amides is 1. The predicted octanol–water partition coefficient (Wildman–Crippen LogP) is 1.24. The molecule has 1 rings (SSSR count). The molecule has 0 aliphatic carbocycles. The highest BCUT2D eigenvalue weighted by Gasteiger charge is 2.14. The molecular weight excluding hydrogens is 234 g/mol. The summed E-state index contributed by atoms with van der Waals surface area (Å²) < 4.78 is 0. The molecule has 98 valence electrons. The first kappa shape index (κ1) is 14.1. The Morgan fingerprint density at radius 1 is 1.50 bits per heavy atom. The average Bonchev–Trinajstić information content (AvgIpc) is 2.35. The van der Waals surface area contributed by atoms with Crippen molar-refractivity contribution in [3.8, 4) is 0 Å². The van der Waals surface area contributed by atoms with Crippen molar-refractivity contribution in [2.24, 2.45) is 0 Å². The van der Waals surface area contributed by atoms with Gasteiger partial charge in [0.05, 0.1) is 4.92 Å². The van der Waals surface area contributed by atoms with E-state index in [1.165, 1.54) is 6.07 Å². The SMILES string of the molecule is CNC(C)CNC(=O)c1ccc(C)c([N+](=O)[O-])c1. The third-order valence-corrected chi connectivity index (χ3v) is 2.73. The summed E-state index contributed by atoms with van der Waals surface area (Å²) in [6, 6.07) is 4.61. The van der Waals surface area contributed by atoms with E-state index in [1.54, 1.807) is 26.1 Å². The molecule has 1 atom stereocenters. The van der Waals surface area contributed by atoms with Crippen LogP contribution in [0, 0.1) is 17.0 Å². The van der Waals surface area contributed by atoms with Crippen LogP contribution in [0.15, 0.2) is 18.2 Å². The first-order chi connectivity index (χ1) is 8.45. The van der Waals surface area contributed by atoms with Crippen molar-refractivity contribution in [3.63, 3.8) is 0 Å². The molecule has 6 nitrogen and oxygen atoms in total. The van der Waals surface area contributed by atoms with Crippen molar-refractivity contribution in [3.05, 3.63) is 39.4 Å². The Morgan fingerprint density at radius 3 is 2.72 bits per heavy atom. The van der Waals surface area contributed by atoms with Crippen LogP contribution in [0.5, 0.6) is 0 Å². The molecule has 1 aromatic rings. The number of nitrogens with one attached hydrogen (secondary N) is 2. The molecule has 2 N–H and O–H groups in total. The van der Waals surface area contributed by atoms with Crippen LogP contribution in [-0.2, 0) is 0 Å². The van der Waals surface area contributed by atoms with E-state index in [-0.39, 0.29) is 17.6 Å². The van der Waals surface area contributed by atoms with E-state index in [1.807, 2.05) is 6.92 Å². The molecule has 0 saturated heterocycles. The van der Waals surface area contributed by atoms with Gasteiger partial charge in [-0.15, -0.1) is 0 Å². The second kappa shape index (κ2) is 6.11. The van der Waals surface area contributed by atoms with E-state index < -0.39 is 4.92 Å². The molecule has 1 unspecified atom stereocenters. The largest absolute Gasteiger partial charge is 0.350 e. The van der Waals surface area contributed by atoms with Crippen LogP contribution in [0.4, 0.5) is 5.69 Å². The number of hydrogen-bond donors (Lipinski definition) is 2. The fourth-order valence-electron chi connectivity index (χ4n) is 1.40. The van der Waals surface area contributed by atoms with E-state index >= 15 is 0 Å². The van der Waals surface area contributed by atoms with Crippen molar-refractivity contribution in [1.82, 2.24) is 10.6 Å². The molecular formula is C12H17N3O3. The number of aryl methyl sites for hydroxylation is 1. The minimum absolute atomic E-state index is 0.0377. The van der Waals surface area contributed by atoms with Crippen molar-refractivity contribution in [2.45, 2.75) is 19.9 Å². The van der Waals surface area contributed by atoms with Gasteiger partial charge in [-0.05, 0) is 27.0 Å². The number of likely N-dealkylation sites (N-methyl/N-ethyl adjacent to an activating group) is 1. The highest BCUT2D eigenvalue weighted by Crippen LogP contribution is 2.19. The topological polar surface area (TPSA) is 84.3 Å². The molecule has 0 saturated carbocycles. The Morgan fingerprint density at radius 2 is 2.17 bits per heavy atom. The Labute approximate surface area is 106 Å². The Balaban J connectivity index is 2.80. The molecule has 0 aliphatic heterocycles. The van der Waals surface area contributed by atoms with Crippen LogP contribution in [-0.4, -0.2) is 30.5 Å². The molecule has 0 aliphatic rings. The average molecular weight is 251 g/mol. The summed E-state index contributed by atoms with van der Waals surface area (Å²) >= 11 is 0. The van der Waals surface area contributed by atoms with Gasteiger partial charge in [-0.1, -0.05) is 6.07 Å². The van der Waals surface area contributed by atoms with Gasteiger partial charge in [-0.3, -0.25) is 14.9 Å². The summed E-state index contributed by atoms with van der Waals surface area (Å²) in [5.74, 6) is -0.305. The van der Waals surface area contributed by atoms with Gasteiger partial charge in [0.2, 0.25) is 0 Å². The zero-order valence-electron chi connectivity index (χ0n) is 10.7. The van der Waals surface area contributed by atoms with Crippen LogP contribution in [0.25, 0.3) is 0 Å². The number of nitro benzene ring substituents is 1. The number of nitrogens with zero attached hydrogens (tertiary/aromatic N) is 1. The fourth-order valence-corrected chi connectivity index (χ4v) is 1.40. The Hall–Kier alpha value is -1.95. The number of carbonyl (C=O) groups is 1. The van der Waals surface area contributed by atoms with Gasteiger partial charge < -0.3 is 10.6 Å². The van der Waals surface area contributed by atoms with Crippen LogP contribution in [0.3, 0.4) is 0 Å². The first-order valence-corrected chi connectivity index (χ1v) is 5.66. The minimum Gasteiger partial charge on any atom is -0.350 e. The standard InChI is InChI=1S/C12H17N3O3/c1-8-4-5-10(6-11(8)15(17)18)12(16)14-7-9(2)13-3/h4-6,9,13H,7H2,1-3H3,(H,14,16). The minimum atomic E-state index is -0.484. The van der Waals surface area contributed by atoms with Crippen LogP contribution in [0.2, 0.25) is 0 Å². The Bertz CT molecular complexity index is 460. The zero-order chi connectivity index (χ0) is 13.7. The first-order valence-electron chi connectivity index (χ1n) is 5.66. The molecule has 1 amide bonds. The van der Waals surface area contributed by atoms with Crippen molar-refractivity contribution in [2.75, 3.05) is 13.6 Å². The smallest absolute Gasteiger partial charge is 0.273 e. The molecule has 0 radical (unpaired) electrons. The van der Waals surface area contributed by atoms with Gasteiger partial charge in [0.1, 0.15) is 0 Å². The molecule has 0 spiro atoms. The summed E-state index contributed by atoms with van der Waals surface area (Å²) in [5.41, 5.74) is 0.806. The predicted molar refractivity (Wildman–Crippen MR) is 68.7 cm³/mol. The molecule has 0 fully saturated rings. The van der Waals surface area contributed by atoms with Gasteiger partial charge >= 0.3 is 0 Å². The van der Waals surface area contributed by atoms with Crippen LogP contribution in [0.1, 0.15) is 22.8 Å². The molecule has 6 heteroatoms. The van der Waals surface area contributed by atoms with Crippen molar-refractivity contribution < 1.29 is 9.72 Å². The molecule has 1 aromatic carbocycles. The third kappa shape index (κ3) is 3.53. The second-order valence-corrected chi connectivity index (χ2v) is 4.16. The quantitative estimate of drug-likeness (QED) is 0.609. The summed E-state index contributed by atoms with van der Waals surface area (Å²) in [6.45, 7) is 4.04. The maximum absolute atomic E-state index is 11.8. The summed E-state index contributed by atoms with van der Waals surface area (Å²) in [5, 5.41) is 16.5. The maximum atomic E-state index is 11.8. The monoisotopic (exact) mass is 251 g/mol. The Kier molecular flexibility index (Phi) is 4.79. The van der Waals surface area contributed by atoms with Crippen LogP contribution >= 0.6 is 0 Å². The summed E-state index contributed by atoms with van der Waals surface area (Å²) in [4.78, 5) is 22.1. The lowest BCUT2D eigenvalue weighted by molar-refractivity contribution is -0.385. The summed E-state index contributed by atoms with van der Waals surface area (Å²) in [6.07, 6.45) is 0. The zero-order valence-corrected chi connectivity index (χ0v) is 10.7.